The number of benzene rings is 1. The Morgan fingerprint density at radius 2 is 2.25 bits per heavy atom. The molecule has 4 nitrogen and oxygen atoms in total. The Balaban J connectivity index is 2.10. The van der Waals surface area contributed by atoms with E-state index in [1.807, 2.05) is 12.1 Å². The number of nitrogens with zero attached hydrogens (tertiary/aromatic N) is 1. The summed E-state index contributed by atoms with van der Waals surface area (Å²) in [6.45, 7) is 1.77. The van der Waals surface area contributed by atoms with Crippen LogP contribution in [0, 0.1) is 23.0 Å². The molecule has 1 aromatic rings. The summed E-state index contributed by atoms with van der Waals surface area (Å²) < 4.78 is 0. The maximum atomic E-state index is 10.7. The van der Waals surface area contributed by atoms with Gasteiger partial charge >= 0.3 is 0 Å². The Morgan fingerprint density at radius 1 is 1.56 bits per heavy atom. The molecule has 1 saturated carbocycles. The van der Waals surface area contributed by atoms with Crippen molar-refractivity contribution in [3.05, 3.63) is 39.4 Å². The number of rotatable bonds is 4. The van der Waals surface area contributed by atoms with Crippen molar-refractivity contribution < 1.29 is 4.92 Å². The summed E-state index contributed by atoms with van der Waals surface area (Å²) in [6, 6.07) is 5.47. The largest absolute Gasteiger partial charge is 0.327 e. The number of nitro groups is 1. The fourth-order valence-electron chi connectivity index (χ4n) is 2.01. The number of nitrogens with two attached hydrogens (primary N) is 1. The first kappa shape index (κ1) is 11.1. The van der Waals surface area contributed by atoms with Gasteiger partial charge in [0, 0.05) is 17.7 Å². The van der Waals surface area contributed by atoms with Crippen LogP contribution in [-0.4, -0.2) is 11.0 Å². The van der Waals surface area contributed by atoms with E-state index in [0.29, 0.717) is 11.5 Å². The van der Waals surface area contributed by atoms with Crippen LogP contribution in [0.4, 0.5) is 5.69 Å². The maximum Gasteiger partial charge on any atom is 0.272 e. The van der Waals surface area contributed by atoms with Crippen molar-refractivity contribution >= 4 is 5.69 Å². The van der Waals surface area contributed by atoms with Gasteiger partial charge in [0.05, 0.1) is 4.92 Å². The highest BCUT2D eigenvalue weighted by molar-refractivity contribution is 5.42. The topological polar surface area (TPSA) is 69.2 Å². The van der Waals surface area contributed by atoms with E-state index in [0.717, 1.165) is 12.0 Å². The van der Waals surface area contributed by atoms with Gasteiger partial charge in [0.15, 0.2) is 0 Å². The smallest absolute Gasteiger partial charge is 0.272 e. The summed E-state index contributed by atoms with van der Waals surface area (Å²) in [5, 5.41) is 10.7. The van der Waals surface area contributed by atoms with E-state index in [1.54, 1.807) is 13.0 Å². The summed E-state index contributed by atoms with van der Waals surface area (Å²) in [5.74, 6) is 0.662. The van der Waals surface area contributed by atoms with Crippen LogP contribution in [0.25, 0.3) is 0 Å². The number of aryl methyl sites for hydroxylation is 1. The minimum absolute atomic E-state index is 0.184. The van der Waals surface area contributed by atoms with Crippen molar-refractivity contribution in [2.75, 3.05) is 0 Å². The normalized spacial score (nSPS) is 17.1. The summed E-state index contributed by atoms with van der Waals surface area (Å²) in [5.41, 5.74) is 8.02. The first-order valence-electron chi connectivity index (χ1n) is 5.57. The zero-order chi connectivity index (χ0) is 11.7. The summed E-state index contributed by atoms with van der Waals surface area (Å²) in [7, 11) is 0. The highest BCUT2D eigenvalue weighted by atomic mass is 16.6. The molecule has 0 bridgehead atoms. The second kappa shape index (κ2) is 4.22. The van der Waals surface area contributed by atoms with Crippen LogP contribution in [0.5, 0.6) is 0 Å². The molecule has 1 unspecified atom stereocenters. The molecular formula is C12H16N2O2. The van der Waals surface area contributed by atoms with Crippen LogP contribution in [0.3, 0.4) is 0 Å². The SMILES string of the molecule is Cc1cc(CC(N)C2CC2)ccc1[N+](=O)[O-]. The zero-order valence-corrected chi connectivity index (χ0v) is 9.35. The van der Waals surface area contributed by atoms with Gasteiger partial charge in [0.2, 0.25) is 0 Å². The lowest BCUT2D eigenvalue weighted by Crippen LogP contribution is -2.25. The van der Waals surface area contributed by atoms with Crippen LogP contribution in [-0.2, 0) is 6.42 Å². The van der Waals surface area contributed by atoms with E-state index in [4.69, 9.17) is 5.73 Å². The Morgan fingerprint density at radius 3 is 2.75 bits per heavy atom. The van der Waals surface area contributed by atoms with E-state index in [9.17, 15) is 10.1 Å². The molecule has 0 saturated heterocycles. The van der Waals surface area contributed by atoms with E-state index in [1.165, 1.54) is 12.8 Å². The monoisotopic (exact) mass is 220 g/mol. The Bertz CT molecular complexity index is 413. The predicted octanol–water partition coefficient (Wildman–Crippen LogP) is 2.18. The van der Waals surface area contributed by atoms with E-state index in [-0.39, 0.29) is 16.7 Å². The quantitative estimate of drug-likeness (QED) is 0.624. The van der Waals surface area contributed by atoms with E-state index < -0.39 is 0 Å². The Kier molecular flexibility index (Phi) is 2.92. The standard InChI is InChI=1S/C12H16N2O2/c1-8-6-9(2-5-12(8)14(15)16)7-11(13)10-3-4-10/h2,5-6,10-11H,3-4,7,13H2,1H3. The lowest BCUT2D eigenvalue weighted by atomic mass is 10.0. The van der Waals surface area contributed by atoms with Crippen LogP contribution in [0.2, 0.25) is 0 Å². The molecular weight excluding hydrogens is 204 g/mol. The average Bonchev–Trinajstić information content (AvgIpc) is 2.99. The molecule has 1 aliphatic carbocycles. The van der Waals surface area contributed by atoms with Crippen molar-refractivity contribution in [1.82, 2.24) is 0 Å². The van der Waals surface area contributed by atoms with Crippen LogP contribution < -0.4 is 5.73 Å². The summed E-state index contributed by atoms with van der Waals surface area (Å²) in [6.07, 6.45) is 3.28. The molecule has 4 heteroatoms. The van der Waals surface area contributed by atoms with Gasteiger partial charge in [-0.1, -0.05) is 6.07 Å². The van der Waals surface area contributed by atoms with Crippen molar-refractivity contribution in [3.63, 3.8) is 0 Å². The summed E-state index contributed by atoms with van der Waals surface area (Å²) >= 11 is 0. The lowest BCUT2D eigenvalue weighted by molar-refractivity contribution is -0.385. The van der Waals surface area contributed by atoms with Crippen molar-refractivity contribution in [2.45, 2.75) is 32.2 Å². The van der Waals surface area contributed by atoms with E-state index >= 15 is 0 Å². The molecule has 1 atom stereocenters. The molecule has 0 aliphatic heterocycles. The van der Waals surface area contributed by atoms with Crippen molar-refractivity contribution in [1.29, 1.82) is 0 Å². The molecule has 1 aliphatic rings. The van der Waals surface area contributed by atoms with Gasteiger partial charge in [0.25, 0.3) is 5.69 Å². The molecule has 2 N–H and O–H groups in total. The molecule has 0 heterocycles. The fourth-order valence-corrected chi connectivity index (χ4v) is 2.01. The molecule has 0 amide bonds. The average molecular weight is 220 g/mol. The van der Waals surface area contributed by atoms with E-state index in [2.05, 4.69) is 0 Å². The number of nitro benzene ring substituents is 1. The minimum Gasteiger partial charge on any atom is -0.327 e. The first-order chi connectivity index (χ1) is 7.58. The maximum absolute atomic E-state index is 10.7. The highest BCUT2D eigenvalue weighted by Crippen LogP contribution is 2.33. The molecule has 2 rings (SSSR count). The second-order valence-corrected chi connectivity index (χ2v) is 4.58. The predicted molar refractivity (Wildman–Crippen MR) is 62.2 cm³/mol. The molecule has 16 heavy (non-hydrogen) atoms. The van der Waals surface area contributed by atoms with Gasteiger partial charge in [-0.15, -0.1) is 0 Å². The Labute approximate surface area is 94.6 Å². The molecule has 1 aromatic carbocycles. The summed E-state index contributed by atoms with van der Waals surface area (Å²) in [4.78, 5) is 10.3. The van der Waals surface area contributed by atoms with Gasteiger partial charge in [0.1, 0.15) is 0 Å². The van der Waals surface area contributed by atoms with Gasteiger partial charge in [-0.3, -0.25) is 10.1 Å². The minimum atomic E-state index is -0.347. The first-order valence-corrected chi connectivity index (χ1v) is 5.57. The fraction of sp³-hybridized carbons (Fsp3) is 0.500. The molecule has 1 fully saturated rings. The number of hydrogen-bond donors (Lipinski definition) is 1. The third kappa shape index (κ3) is 2.39. The molecule has 86 valence electrons. The van der Waals surface area contributed by atoms with Crippen LogP contribution in [0.15, 0.2) is 18.2 Å². The third-order valence-corrected chi connectivity index (χ3v) is 3.16. The van der Waals surface area contributed by atoms with Gasteiger partial charge in [-0.2, -0.15) is 0 Å². The molecule has 0 spiro atoms. The van der Waals surface area contributed by atoms with Crippen LogP contribution in [0.1, 0.15) is 24.0 Å². The lowest BCUT2D eigenvalue weighted by Gasteiger charge is -2.10. The number of hydrogen-bond acceptors (Lipinski definition) is 3. The van der Waals surface area contributed by atoms with Crippen molar-refractivity contribution in [3.8, 4) is 0 Å². The molecule has 0 radical (unpaired) electrons. The van der Waals surface area contributed by atoms with Crippen LogP contribution >= 0.6 is 0 Å². The van der Waals surface area contributed by atoms with Gasteiger partial charge in [-0.25, -0.2) is 0 Å². The van der Waals surface area contributed by atoms with Gasteiger partial charge < -0.3 is 5.73 Å². The highest BCUT2D eigenvalue weighted by Gasteiger charge is 2.28. The van der Waals surface area contributed by atoms with Gasteiger partial charge in [-0.05, 0) is 43.7 Å². The van der Waals surface area contributed by atoms with Crippen molar-refractivity contribution in [2.24, 2.45) is 11.7 Å². The Hall–Kier alpha value is -1.42. The molecule has 0 aromatic heterocycles. The second-order valence-electron chi connectivity index (χ2n) is 4.58. The zero-order valence-electron chi connectivity index (χ0n) is 9.35. The third-order valence-electron chi connectivity index (χ3n) is 3.16.